The fraction of sp³-hybridized carbons (Fsp3) is 0.409. The molecule has 0 aromatic heterocycles. The van der Waals surface area contributed by atoms with Crippen molar-refractivity contribution in [2.24, 2.45) is 0 Å². The molecule has 1 heterocycles. The molecule has 1 aliphatic heterocycles. The summed E-state index contributed by atoms with van der Waals surface area (Å²) >= 11 is 5.86. The SMILES string of the molecule is O=C(CCc1ccc(S(=O)(=O)N2CCCCC2)cc1)NCCc1ccc(Cl)cc1. The summed E-state index contributed by atoms with van der Waals surface area (Å²) < 4.78 is 26.9. The van der Waals surface area contributed by atoms with Crippen LogP contribution in [0, 0.1) is 0 Å². The van der Waals surface area contributed by atoms with Gasteiger partial charge >= 0.3 is 0 Å². The summed E-state index contributed by atoms with van der Waals surface area (Å²) in [5.41, 5.74) is 2.08. The van der Waals surface area contributed by atoms with Gasteiger partial charge in [-0.15, -0.1) is 0 Å². The van der Waals surface area contributed by atoms with Crippen molar-refractivity contribution in [2.75, 3.05) is 19.6 Å². The Bertz CT molecular complexity index is 906. The van der Waals surface area contributed by atoms with Gasteiger partial charge in [-0.1, -0.05) is 42.3 Å². The number of hydrogen-bond acceptors (Lipinski definition) is 3. The van der Waals surface area contributed by atoms with Crippen molar-refractivity contribution in [1.29, 1.82) is 0 Å². The molecule has 0 radical (unpaired) electrons. The predicted molar refractivity (Wildman–Crippen MR) is 116 cm³/mol. The second-order valence-corrected chi connectivity index (χ2v) is 9.71. The van der Waals surface area contributed by atoms with Gasteiger partial charge in [-0.3, -0.25) is 4.79 Å². The minimum Gasteiger partial charge on any atom is -0.356 e. The molecule has 1 amide bonds. The number of hydrogen-bond donors (Lipinski definition) is 1. The molecule has 0 saturated carbocycles. The molecule has 2 aromatic rings. The molecule has 1 fully saturated rings. The molecular formula is C22H27ClN2O3S. The van der Waals surface area contributed by atoms with E-state index >= 15 is 0 Å². The van der Waals surface area contributed by atoms with E-state index in [4.69, 9.17) is 11.6 Å². The standard InChI is InChI=1S/C22H27ClN2O3S/c23-20-9-4-19(5-10-20)14-15-24-22(26)13-8-18-6-11-21(12-7-18)29(27,28)25-16-2-1-3-17-25/h4-7,9-12H,1-3,8,13-17H2,(H,24,26). The van der Waals surface area contributed by atoms with Crippen molar-refractivity contribution >= 4 is 27.5 Å². The molecule has 0 unspecified atom stereocenters. The second-order valence-electron chi connectivity index (χ2n) is 7.34. The molecule has 29 heavy (non-hydrogen) atoms. The summed E-state index contributed by atoms with van der Waals surface area (Å²) in [6.07, 6.45) is 4.64. The molecule has 7 heteroatoms. The first-order chi connectivity index (χ1) is 13.9. The average molecular weight is 435 g/mol. The first kappa shape index (κ1) is 21.8. The molecule has 1 N–H and O–H groups in total. The molecular weight excluding hydrogens is 408 g/mol. The van der Waals surface area contributed by atoms with Crippen LogP contribution in [0.15, 0.2) is 53.4 Å². The molecule has 156 valence electrons. The molecule has 0 spiro atoms. The van der Waals surface area contributed by atoms with E-state index < -0.39 is 10.0 Å². The van der Waals surface area contributed by atoms with Crippen LogP contribution >= 0.6 is 11.6 Å². The van der Waals surface area contributed by atoms with Gasteiger partial charge in [0, 0.05) is 31.1 Å². The third-order valence-electron chi connectivity index (χ3n) is 5.17. The number of aryl methyl sites for hydroxylation is 1. The van der Waals surface area contributed by atoms with Crippen LogP contribution in [0.2, 0.25) is 5.02 Å². The van der Waals surface area contributed by atoms with E-state index in [0.717, 1.165) is 36.8 Å². The first-order valence-electron chi connectivity index (χ1n) is 10.1. The number of piperidine rings is 1. The summed E-state index contributed by atoms with van der Waals surface area (Å²) in [5, 5.41) is 3.62. The van der Waals surface area contributed by atoms with E-state index in [9.17, 15) is 13.2 Å². The fourth-order valence-corrected chi connectivity index (χ4v) is 5.07. The van der Waals surface area contributed by atoms with Crippen LogP contribution in [0.4, 0.5) is 0 Å². The third-order valence-corrected chi connectivity index (χ3v) is 7.33. The second kappa shape index (κ2) is 10.2. The number of nitrogens with one attached hydrogen (secondary N) is 1. The Kier molecular flexibility index (Phi) is 7.70. The van der Waals surface area contributed by atoms with Crippen LogP contribution in [0.1, 0.15) is 36.8 Å². The summed E-state index contributed by atoms with van der Waals surface area (Å²) in [4.78, 5) is 12.4. The molecule has 1 aliphatic rings. The van der Waals surface area contributed by atoms with Crippen molar-refractivity contribution in [3.63, 3.8) is 0 Å². The van der Waals surface area contributed by atoms with Gasteiger partial charge in [0.2, 0.25) is 15.9 Å². The lowest BCUT2D eigenvalue weighted by molar-refractivity contribution is -0.121. The number of halogens is 1. The number of amides is 1. The number of benzene rings is 2. The van der Waals surface area contributed by atoms with Crippen LogP contribution in [0.5, 0.6) is 0 Å². The normalized spacial score (nSPS) is 15.2. The molecule has 0 atom stereocenters. The number of rotatable bonds is 8. The Hall–Kier alpha value is -1.89. The summed E-state index contributed by atoms with van der Waals surface area (Å²) in [6, 6.07) is 14.5. The van der Waals surface area contributed by atoms with E-state index in [1.807, 2.05) is 24.3 Å². The lowest BCUT2D eigenvalue weighted by Gasteiger charge is -2.25. The maximum Gasteiger partial charge on any atom is 0.243 e. The lowest BCUT2D eigenvalue weighted by atomic mass is 10.1. The quantitative estimate of drug-likeness (QED) is 0.687. The molecule has 1 saturated heterocycles. The number of carbonyl (C=O) groups is 1. The Morgan fingerprint density at radius 3 is 2.14 bits per heavy atom. The average Bonchev–Trinajstić information content (AvgIpc) is 2.74. The van der Waals surface area contributed by atoms with Gasteiger partial charge in [-0.05, 0) is 61.1 Å². The number of nitrogens with zero attached hydrogens (tertiary/aromatic N) is 1. The molecule has 2 aromatic carbocycles. The van der Waals surface area contributed by atoms with Crippen LogP contribution in [-0.4, -0.2) is 38.3 Å². The van der Waals surface area contributed by atoms with Crippen molar-refractivity contribution in [1.82, 2.24) is 9.62 Å². The zero-order valence-corrected chi connectivity index (χ0v) is 18.0. The van der Waals surface area contributed by atoms with E-state index in [2.05, 4.69) is 5.32 Å². The monoisotopic (exact) mass is 434 g/mol. The predicted octanol–water partition coefficient (Wildman–Crippen LogP) is 3.81. The smallest absolute Gasteiger partial charge is 0.243 e. The highest BCUT2D eigenvalue weighted by Gasteiger charge is 2.25. The van der Waals surface area contributed by atoms with E-state index in [1.54, 1.807) is 28.6 Å². The topological polar surface area (TPSA) is 66.5 Å². The minimum atomic E-state index is -3.41. The summed E-state index contributed by atoms with van der Waals surface area (Å²) in [6.45, 7) is 1.77. The van der Waals surface area contributed by atoms with Crippen molar-refractivity contribution in [3.8, 4) is 0 Å². The largest absolute Gasteiger partial charge is 0.356 e. The highest BCUT2D eigenvalue weighted by Crippen LogP contribution is 2.21. The number of carbonyl (C=O) groups excluding carboxylic acids is 1. The van der Waals surface area contributed by atoms with Gasteiger partial charge < -0.3 is 5.32 Å². The van der Waals surface area contributed by atoms with Crippen LogP contribution < -0.4 is 5.32 Å². The van der Waals surface area contributed by atoms with Gasteiger partial charge in [-0.2, -0.15) is 4.31 Å². The van der Waals surface area contributed by atoms with Gasteiger partial charge in [-0.25, -0.2) is 8.42 Å². The van der Waals surface area contributed by atoms with Crippen LogP contribution in [0.3, 0.4) is 0 Å². The zero-order chi connectivity index (χ0) is 20.7. The molecule has 5 nitrogen and oxygen atoms in total. The highest BCUT2D eigenvalue weighted by molar-refractivity contribution is 7.89. The van der Waals surface area contributed by atoms with E-state index in [0.29, 0.717) is 42.4 Å². The van der Waals surface area contributed by atoms with Gasteiger partial charge in [0.05, 0.1) is 4.90 Å². The lowest BCUT2D eigenvalue weighted by Crippen LogP contribution is -2.35. The third kappa shape index (κ3) is 6.29. The maximum absolute atomic E-state index is 12.7. The zero-order valence-electron chi connectivity index (χ0n) is 16.4. The maximum atomic E-state index is 12.7. The van der Waals surface area contributed by atoms with Crippen molar-refractivity contribution in [2.45, 2.75) is 43.4 Å². The Morgan fingerprint density at radius 1 is 0.897 bits per heavy atom. The first-order valence-corrected chi connectivity index (χ1v) is 11.9. The molecule has 3 rings (SSSR count). The Labute approximate surface area is 178 Å². The van der Waals surface area contributed by atoms with Crippen LogP contribution in [0.25, 0.3) is 0 Å². The Balaban J connectivity index is 1.44. The van der Waals surface area contributed by atoms with Crippen molar-refractivity contribution in [3.05, 3.63) is 64.7 Å². The Morgan fingerprint density at radius 2 is 1.48 bits per heavy atom. The number of sulfonamides is 1. The summed E-state index contributed by atoms with van der Waals surface area (Å²) in [7, 11) is -3.41. The van der Waals surface area contributed by atoms with E-state index in [-0.39, 0.29) is 5.91 Å². The van der Waals surface area contributed by atoms with Crippen molar-refractivity contribution < 1.29 is 13.2 Å². The van der Waals surface area contributed by atoms with Gasteiger partial charge in [0.15, 0.2) is 0 Å². The molecule has 0 bridgehead atoms. The summed E-state index contributed by atoms with van der Waals surface area (Å²) in [5.74, 6) is -0.0102. The fourth-order valence-electron chi connectivity index (χ4n) is 3.43. The van der Waals surface area contributed by atoms with Gasteiger partial charge in [0.25, 0.3) is 0 Å². The van der Waals surface area contributed by atoms with E-state index in [1.165, 1.54) is 0 Å². The minimum absolute atomic E-state index is 0.0102. The highest BCUT2D eigenvalue weighted by atomic mass is 35.5. The van der Waals surface area contributed by atoms with Crippen LogP contribution in [-0.2, 0) is 27.7 Å². The molecule has 0 aliphatic carbocycles. The van der Waals surface area contributed by atoms with Gasteiger partial charge in [0.1, 0.15) is 0 Å².